The molecule has 5 nitrogen and oxygen atoms in total. The first-order valence-electron chi connectivity index (χ1n) is 7.63. The molecular weight excluding hydrogens is 302 g/mol. The number of para-hydroxylation sites is 1. The molecule has 1 saturated heterocycles. The van der Waals surface area contributed by atoms with Gasteiger partial charge < -0.3 is 15.5 Å². The van der Waals surface area contributed by atoms with Crippen LogP contribution in [-0.2, 0) is 9.59 Å². The summed E-state index contributed by atoms with van der Waals surface area (Å²) in [4.78, 5) is 26.2. The predicted molar refractivity (Wildman–Crippen MR) is 88.1 cm³/mol. The zero-order valence-corrected chi connectivity index (χ0v) is 13.5. The Bertz CT molecular complexity index is 536. The van der Waals surface area contributed by atoms with Gasteiger partial charge in [0.05, 0.1) is 10.7 Å². The molecule has 1 aromatic rings. The van der Waals surface area contributed by atoms with Crippen LogP contribution in [0.5, 0.6) is 0 Å². The van der Waals surface area contributed by atoms with E-state index in [2.05, 4.69) is 10.6 Å². The molecule has 120 valence electrons. The van der Waals surface area contributed by atoms with Gasteiger partial charge in [0, 0.05) is 13.0 Å². The van der Waals surface area contributed by atoms with E-state index in [9.17, 15) is 9.59 Å². The number of piperidine rings is 1. The highest BCUT2D eigenvalue weighted by Crippen LogP contribution is 2.28. The number of hydrogen-bond donors (Lipinski definition) is 2. The van der Waals surface area contributed by atoms with Crippen LogP contribution in [0.2, 0.25) is 5.02 Å². The lowest BCUT2D eigenvalue weighted by molar-refractivity contribution is -0.128. The van der Waals surface area contributed by atoms with Crippen molar-refractivity contribution < 1.29 is 9.59 Å². The van der Waals surface area contributed by atoms with Crippen molar-refractivity contribution in [2.75, 3.05) is 25.0 Å². The van der Waals surface area contributed by atoms with Crippen LogP contribution in [0.15, 0.2) is 24.3 Å². The van der Waals surface area contributed by atoms with Crippen molar-refractivity contribution in [3.63, 3.8) is 0 Å². The highest BCUT2D eigenvalue weighted by Gasteiger charge is 2.31. The van der Waals surface area contributed by atoms with Gasteiger partial charge in [-0.3, -0.25) is 9.59 Å². The van der Waals surface area contributed by atoms with E-state index in [-0.39, 0.29) is 11.8 Å². The average Bonchev–Trinajstić information content (AvgIpc) is 2.51. The lowest BCUT2D eigenvalue weighted by Crippen LogP contribution is -2.52. The molecule has 0 radical (unpaired) electrons. The number of anilines is 1. The van der Waals surface area contributed by atoms with Crippen molar-refractivity contribution >= 4 is 29.1 Å². The van der Waals surface area contributed by atoms with Crippen molar-refractivity contribution in [1.82, 2.24) is 10.6 Å². The fraction of sp³-hybridized carbons (Fsp3) is 0.500. The van der Waals surface area contributed by atoms with E-state index in [0.29, 0.717) is 30.1 Å². The summed E-state index contributed by atoms with van der Waals surface area (Å²) in [5.41, 5.74) is 0.711. The van der Waals surface area contributed by atoms with Gasteiger partial charge in [0.15, 0.2) is 0 Å². The van der Waals surface area contributed by atoms with Gasteiger partial charge >= 0.3 is 0 Å². The Morgan fingerprint density at radius 2 is 2.18 bits per heavy atom. The summed E-state index contributed by atoms with van der Waals surface area (Å²) in [6.45, 7) is 1.42. The Morgan fingerprint density at radius 3 is 2.91 bits per heavy atom. The van der Waals surface area contributed by atoms with E-state index >= 15 is 0 Å². The molecular formula is C16H22ClN3O2. The topological polar surface area (TPSA) is 61.4 Å². The Labute approximate surface area is 136 Å². The van der Waals surface area contributed by atoms with Crippen LogP contribution < -0.4 is 15.5 Å². The first-order valence-corrected chi connectivity index (χ1v) is 8.01. The first-order chi connectivity index (χ1) is 10.6. The van der Waals surface area contributed by atoms with E-state index in [1.165, 1.54) is 0 Å². The van der Waals surface area contributed by atoms with Crippen LogP contribution in [0.1, 0.15) is 25.7 Å². The molecule has 6 heteroatoms. The number of carbonyl (C=O) groups is 2. The van der Waals surface area contributed by atoms with Crippen molar-refractivity contribution in [2.45, 2.75) is 31.7 Å². The predicted octanol–water partition coefficient (Wildman–Crippen LogP) is 1.95. The third-order valence-corrected chi connectivity index (χ3v) is 4.07. The largest absolute Gasteiger partial charge is 0.344 e. The van der Waals surface area contributed by atoms with Gasteiger partial charge in [-0.05, 0) is 45.0 Å². The van der Waals surface area contributed by atoms with Crippen LogP contribution in [0.25, 0.3) is 0 Å². The highest BCUT2D eigenvalue weighted by atomic mass is 35.5. The molecule has 1 heterocycles. The summed E-state index contributed by atoms with van der Waals surface area (Å²) in [6, 6.07) is 6.84. The van der Waals surface area contributed by atoms with Gasteiger partial charge in [-0.15, -0.1) is 0 Å². The molecule has 1 aromatic carbocycles. The maximum absolute atomic E-state index is 12.6. The Hall–Kier alpha value is -1.59. The number of benzene rings is 1. The van der Waals surface area contributed by atoms with E-state index in [1.54, 1.807) is 11.0 Å². The minimum absolute atomic E-state index is 0.0744. The zero-order valence-electron chi connectivity index (χ0n) is 12.8. The molecule has 0 saturated carbocycles. The van der Waals surface area contributed by atoms with Crippen molar-refractivity contribution in [1.29, 1.82) is 0 Å². The van der Waals surface area contributed by atoms with E-state index in [0.717, 1.165) is 19.4 Å². The standard InChI is InChI=1S/C16H22ClN3O2/c1-18-10-4-9-15(21)19-13-7-5-11-20(16(13)22)14-8-3-2-6-12(14)17/h2-3,6,8,13,18H,4-5,7,9-11H2,1H3,(H,19,21). The van der Waals surface area contributed by atoms with Crippen LogP contribution in [0.3, 0.4) is 0 Å². The van der Waals surface area contributed by atoms with Gasteiger partial charge in [0.25, 0.3) is 0 Å². The summed E-state index contributed by atoms with van der Waals surface area (Å²) in [6.07, 6.45) is 2.71. The van der Waals surface area contributed by atoms with Gasteiger partial charge in [-0.25, -0.2) is 0 Å². The number of carbonyl (C=O) groups excluding carboxylic acids is 2. The number of nitrogens with one attached hydrogen (secondary N) is 2. The third kappa shape index (κ3) is 4.21. The molecule has 22 heavy (non-hydrogen) atoms. The van der Waals surface area contributed by atoms with E-state index in [1.807, 2.05) is 25.2 Å². The lowest BCUT2D eigenvalue weighted by Gasteiger charge is -2.33. The van der Waals surface area contributed by atoms with Gasteiger partial charge in [-0.1, -0.05) is 23.7 Å². The maximum Gasteiger partial charge on any atom is 0.249 e. The monoisotopic (exact) mass is 323 g/mol. The number of nitrogens with zero attached hydrogens (tertiary/aromatic N) is 1. The second-order valence-electron chi connectivity index (χ2n) is 5.41. The quantitative estimate of drug-likeness (QED) is 0.787. The van der Waals surface area contributed by atoms with Gasteiger partial charge in [-0.2, -0.15) is 0 Å². The van der Waals surface area contributed by atoms with Crippen molar-refractivity contribution in [2.24, 2.45) is 0 Å². The molecule has 2 rings (SSSR count). The Balaban J connectivity index is 1.98. The number of halogens is 1. The second kappa shape index (κ2) is 8.15. The van der Waals surface area contributed by atoms with Gasteiger partial charge in [0.2, 0.25) is 11.8 Å². The molecule has 2 N–H and O–H groups in total. The molecule has 1 aliphatic rings. The van der Waals surface area contributed by atoms with Crippen molar-refractivity contribution in [3.05, 3.63) is 29.3 Å². The average molecular weight is 324 g/mol. The second-order valence-corrected chi connectivity index (χ2v) is 5.82. The summed E-state index contributed by atoms with van der Waals surface area (Å²) in [5.74, 6) is -0.157. The van der Waals surface area contributed by atoms with E-state index in [4.69, 9.17) is 11.6 Å². The normalized spacial score (nSPS) is 18.4. The Morgan fingerprint density at radius 1 is 1.41 bits per heavy atom. The first kappa shape index (κ1) is 16.8. The van der Waals surface area contributed by atoms with Crippen molar-refractivity contribution in [3.8, 4) is 0 Å². The summed E-state index contributed by atoms with van der Waals surface area (Å²) in [7, 11) is 1.85. The maximum atomic E-state index is 12.6. The molecule has 0 aromatic heterocycles. The third-order valence-electron chi connectivity index (χ3n) is 3.75. The summed E-state index contributed by atoms with van der Waals surface area (Å²) < 4.78 is 0. The van der Waals surface area contributed by atoms with Gasteiger partial charge in [0.1, 0.15) is 6.04 Å². The molecule has 1 fully saturated rings. The fourth-order valence-electron chi connectivity index (χ4n) is 2.61. The molecule has 0 bridgehead atoms. The highest BCUT2D eigenvalue weighted by molar-refractivity contribution is 6.33. The minimum Gasteiger partial charge on any atom is -0.344 e. The number of hydrogen-bond acceptors (Lipinski definition) is 3. The lowest BCUT2D eigenvalue weighted by atomic mass is 10.0. The molecule has 1 aliphatic heterocycles. The summed E-state index contributed by atoms with van der Waals surface area (Å²) in [5, 5.41) is 6.40. The minimum atomic E-state index is -0.452. The van der Waals surface area contributed by atoms with Crippen LogP contribution in [0, 0.1) is 0 Å². The van der Waals surface area contributed by atoms with Crippen LogP contribution in [-0.4, -0.2) is 38.0 Å². The molecule has 0 spiro atoms. The molecule has 0 aliphatic carbocycles. The van der Waals surface area contributed by atoms with Crippen LogP contribution >= 0.6 is 11.6 Å². The number of rotatable bonds is 6. The molecule has 1 atom stereocenters. The zero-order chi connectivity index (χ0) is 15.9. The van der Waals surface area contributed by atoms with Crippen LogP contribution in [0.4, 0.5) is 5.69 Å². The molecule has 2 amide bonds. The SMILES string of the molecule is CNCCCC(=O)NC1CCCN(c2ccccc2Cl)C1=O. The number of amides is 2. The smallest absolute Gasteiger partial charge is 0.249 e. The summed E-state index contributed by atoms with van der Waals surface area (Å²) >= 11 is 6.17. The molecule has 1 unspecified atom stereocenters. The van der Waals surface area contributed by atoms with E-state index < -0.39 is 6.04 Å². The Kier molecular flexibility index (Phi) is 6.21. The fourth-order valence-corrected chi connectivity index (χ4v) is 2.85.